The van der Waals surface area contributed by atoms with Crippen LogP contribution in [0.15, 0.2) is 12.1 Å². The lowest BCUT2D eigenvalue weighted by Crippen LogP contribution is -2.43. The molecule has 1 aliphatic heterocycles. The summed E-state index contributed by atoms with van der Waals surface area (Å²) in [6, 6.07) is 2.14. The molecule has 28 heavy (non-hydrogen) atoms. The van der Waals surface area contributed by atoms with Crippen LogP contribution in [-0.4, -0.2) is 55.7 Å². The minimum absolute atomic E-state index is 0.172. The van der Waals surface area contributed by atoms with Gasteiger partial charge in [0.25, 0.3) is 0 Å². The topological polar surface area (TPSA) is 106 Å². The Balaban J connectivity index is 2.47. The third kappa shape index (κ3) is 4.01. The van der Waals surface area contributed by atoms with Crippen molar-refractivity contribution < 1.29 is 35.2 Å². The average Bonchev–Trinajstić information content (AvgIpc) is 2.84. The van der Waals surface area contributed by atoms with Gasteiger partial charge >= 0.3 is 0 Å². The summed E-state index contributed by atoms with van der Waals surface area (Å²) in [4.78, 5) is 12.4. The number of hydrogen-bond acceptors (Lipinski definition) is 5. The zero-order valence-electron chi connectivity index (χ0n) is 14.8. The first kappa shape index (κ1) is 22.2. The zero-order chi connectivity index (χ0) is 21.4. The number of nitrogens with two attached hydrogens (primary N) is 2. The average molecular weight is 429 g/mol. The second-order valence-electron chi connectivity index (χ2n) is 6.43. The van der Waals surface area contributed by atoms with Crippen molar-refractivity contribution >= 4 is 27.1 Å². The molecule has 0 radical (unpaired) electrons. The molecule has 1 heterocycles. The van der Waals surface area contributed by atoms with Crippen LogP contribution in [0.3, 0.4) is 0 Å². The van der Waals surface area contributed by atoms with Crippen LogP contribution in [0.25, 0.3) is 0 Å². The molecule has 4 N–H and O–H groups in total. The van der Waals surface area contributed by atoms with E-state index in [4.69, 9.17) is 11.5 Å². The summed E-state index contributed by atoms with van der Waals surface area (Å²) in [5.41, 5.74) is 9.74. The van der Waals surface area contributed by atoms with Crippen LogP contribution in [0.1, 0.15) is 24.8 Å². The van der Waals surface area contributed by atoms with Gasteiger partial charge in [0, 0.05) is 11.3 Å². The number of benzene rings is 1. The molecule has 2 rings (SSSR count). The lowest BCUT2D eigenvalue weighted by Gasteiger charge is -2.27. The highest BCUT2D eigenvalue weighted by atomic mass is 32.2. The van der Waals surface area contributed by atoms with Gasteiger partial charge in [0.05, 0.1) is 23.0 Å². The molecule has 0 aliphatic carbocycles. The normalized spacial score (nSPS) is 26.4. The fourth-order valence-corrected chi connectivity index (χ4v) is 3.80. The van der Waals surface area contributed by atoms with Gasteiger partial charge in [-0.2, -0.15) is 0 Å². The fraction of sp³-hybridized carbons (Fsp3) is 0.562. The number of hydrogen-bond donors (Lipinski definition) is 2. The largest absolute Gasteiger partial charge is 0.397 e. The van der Waals surface area contributed by atoms with Crippen molar-refractivity contribution in [1.82, 2.24) is 4.90 Å². The number of likely N-dealkylation sites (tertiary alicyclic amines) is 1. The van der Waals surface area contributed by atoms with E-state index in [0.717, 1.165) is 12.1 Å². The second-order valence-corrected chi connectivity index (χ2v) is 8.90. The number of amides is 1. The highest BCUT2D eigenvalue weighted by molar-refractivity contribution is 7.91. The van der Waals surface area contributed by atoms with Crippen molar-refractivity contribution in [2.75, 3.05) is 23.0 Å². The van der Waals surface area contributed by atoms with Crippen LogP contribution >= 0.6 is 0 Å². The predicted molar refractivity (Wildman–Crippen MR) is 93.3 cm³/mol. The molecule has 158 valence electrons. The Labute approximate surface area is 158 Å². The first-order valence-corrected chi connectivity index (χ1v) is 10.2. The molecule has 1 aliphatic rings. The van der Waals surface area contributed by atoms with E-state index in [-0.39, 0.29) is 16.3 Å². The van der Waals surface area contributed by atoms with E-state index < -0.39 is 75.8 Å². The van der Waals surface area contributed by atoms with Gasteiger partial charge in [-0.25, -0.2) is 30.4 Å². The summed E-state index contributed by atoms with van der Waals surface area (Å²) in [6.45, 7) is 1.34. The van der Waals surface area contributed by atoms with Gasteiger partial charge in [-0.15, -0.1) is 0 Å². The summed E-state index contributed by atoms with van der Waals surface area (Å²) in [6.07, 6.45) is -12.3. The van der Waals surface area contributed by atoms with Crippen molar-refractivity contribution in [3.05, 3.63) is 23.5 Å². The second kappa shape index (κ2) is 8.10. The molecule has 0 bridgehead atoms. The van der Waals surface area contributed by atoms with Gasteiger partial charge in [-0.1, -0.05) is 13.0 Å². The lowest BCUT2D eigenvalue weighted by atomic mass is 9.93. The maximum absolute atomic E-state index is 14.5. The Kier molecular flexibility index (Phi) is 6.41. The zero-order valence-corrected chi connectivity index (χ0v) is 15.6. The van der Waals surface area contributed by atoms with Gasteiger partial charge < -0.3 is 11.5 Å². The molecule has 5 atom stereocenters. The van der Waals surface area contributed by atoms with Crippen LogP contribution in [0.5, 0.6) is 0 Å². The Morgan fingerprint density at radius 3 is 2.18 bits per heavy atom. The summed E-state index contributed by atoms with van der Waals surface area (Å²) >= 11 is 0. The number of anilines is 2. The number of alkyl halides is 4. The van der Waals surface area contributed by atoms with Crippen molar-refractivity contribution in [3.63, 3.8) is 0 Å². The van der Waals surface area contributed by atoms with Crippen LogP contribution in [0.2, 0.25) is 0 Å². The first-order chi connectivity index (χ1) is 12.9. The predicted octanol–water partition coefficient (Wildman–Crippen LogP) is 2.01. The van der Waals surface area contributed by atoms with Gasteiger partial charge in [0.2, 0.25) is 18.5 Å². The standard InChI is InChI=1S/C16H20F5N3O3S/c1-2-28(26,27)6-5-8(7-3-4-9(22)13(23)10(7)17)16(25)24-14(20)11(18)12(19)15(24)21/h3-4,8,11-12,14-15H,2,5-6,22-23H2,1H3. The summed E-state index contributed by atoms with van der Waals surface area (Å²) in [5, 5.41) is 0. The Morgan fingerprint density at radius 2 is 1.68 bits per heavy atom. The summed E-state index contributed by atoms with van der Waals surface area (Å²) in [5.74, 6) is -5.31. The molecule has 1 fully saturated rings. The highest BCUT2D eigenvalue weighted by Crippen LogP contribution is 2.37. The van der Waals surface area contributed by atoms with Gasteiger partial charge in [-0.05, 0) is 12.5 Å². The van der Waals surface area contributed by atoms with E-state index in [9.17, 15) is 35.2 Å². The monoisotopic (exact) mass is 429 g/mol. The highest BCUT2D eigenvalue weighted by Gasteiger charge is 2.54. The van der Waals surface area contributed by atoms with E-state index in [1.807, 2.05) is 0 Å². The van der Waals surface area contributed by atoms with E-state index in [1.54, 1.807) is 0 Å². The van der Waals surface area contributed by atoms with Crippen molar-refractivity contribution in [1.29, 1.82) is 0 Å². The molecule has 12 heteroatoms. The van der Waals surface area contributed by atoms with Gasteiger partial charge in [0.15, 0.2) is 18.2 Å². The molecule has 6 nitrogen and oxygen atoms in total. The van der Waals surface area contributed by atoms with Crippen molar-refractivity contribution in [2.45, 2.75) is 44.2 Å². The van der Waals surface area contributed by atoms with E-state index >= 15 is 0 Å². The molecule has 5 unspecified atom stereocenters. The number of nitrogens with zero attached hydrogens (tertiary/aromatic N) is 1. The maximum Gasteiger partial charge on any atom is 0.234 e. The number of rotatable bonds is 6. The Morgan fingerprint density at radius 1 is 1.14 bits per heavy atom. The minimum atomic E-state index is -3.64. The lowest BCUT2D eigenvalue weighted by molar-refractivity contribution is -0.144. The van der Waals surface area contributed by atoms with Crippen LogP contribution in [0.4, 0.5) is 33.3 Å². The number of sulfone groups is 1. The fourth-order valence-electron chi connectivity index (χ4n) is 2.92. The Bertz CT molecular complexity index is 840. The van der Waals surface area contributed by atoms with E-state index in [1.165, 1.54) is 6.92 Å². The smallest absolute Gasteiger partial charge is 0.234 e. The summed E-state index contributed by atoms with van der Waals surface area (Å²) in [7, 11) is -3.64. The van der Waals surface area contributed by atoms with Crippen LogP contribution < -0.4 is 11.5 Å². The molecule has 0 spiro atoms. The first-order valence-electron chi connectivity index (χ1n) is 8.35. The molecular weight excluding hydrogens is 409 g/mol. The molecule has 1 aromatic rings. The number of halogens is 5. The molecular formula is C16H20F5N3O3S. The summed E-state index contributed by atoms with van der Waals surface area (Å²) < 4.78 is 93.0. The SMILES string of the molecule is CCS(=O)(=O)CCC(C(=O)N1C(F)C(F)C(F)C1F)c1ccc(N)c(N)c1F. The van der Waals surface area contributed by atoms with Crippen molar-refractivity contribution in [2.24, 2.45) is 0 Å². The molecule has 1 aromatic carbocycles. The van der Waals surface area contributed by atoms with Crippen LogP contribution in [-0.2, 0) is 14.6 Å². The van der Waals surface area contributed by atoms with Crippen molar-refractivity contribution in [3.8, 4) is 0 Å². The minimum Gasteiger partial charge on any atom is -0.397 e. The van der Waals surface area contributed by atoms with Crippen LogP contribution in [0, 0.1) is 5.82 Å². The Hall–Kier alpha value is -2.11. The van der Waals surface area contributed by atoms with E-state index in [2.05, 4.69) is 0 Å². The van der Waals surface area contributed by atoms with Gasteiger partial charge in [-0.3, -0.25) is 9.69 Å². The maximum atomic E-state index is 14.5. The van der Waals surface area contributed by atoms with Gasteiger partial charge in [0.1, 0.15) is 9.84 Å². The molecule has 0 aromatic heterocycles. The molecule has 1 saturated heterocycles. The number of carbonyl (C=O) groups excluding carboxylic acids is 1. The van der Waals surface area contributed by atoms with E-state index in [0.29, 0.717) is 0 Å². The number of nitrogen functional groups attached to an aromatic ring is 2. The third-order valence-electron chi connectivity index (χ3n) is 4.69. The molecule has 1 amide bonds. The quantitative estimate of drug-likeness (QED) is 0.409. The third-order valence-corrected chi connectivity index (χ3v) is 6.43. The molecule has 0 saturated carbocycles. The number of carbonyl (C=O) groups is 1.